The molecule has 2 aromatic carbocycles. The van der Waals surface area contributed by atoms with Crippen molar-refractivity contribution in [1.29, 1.82) is 0 Å². The van der Waals surface area contributed by atoms with Crippen LogP contribution in [0, 0.1) is 5.82 Å². The number of esters is 1. The van der Waals surface area contributed by atoms with E-state index in [2.05, 4.69) is 10.6 Å². The molecule has 2 amide bonds. The van der Waals surface area contributed by atoms with Crippen molar-refractivity contribution in [1.82, 2.24) is 20.2 Å². The van der Waals surface area contributed by atoms with E-state index in [0.29, 0.717) is 36.4 Å². The molecule has 246 valence electrons. The number of aromatic nitrogens is 2. The van der Waals surface area contributed by atoms with Gasteiger partial charge in [0.15, 0.2) is 0 Å². The summed E-state index contributed by atoms with van der Waals surface area (Å²) in [6, 6.07) is 9.03. The van der Waals surface area contributed by atoms with Crippen molar-refractivity contribution >= 4 is 34.7 Å². The van der Waals surface area contributed by atoms with E-state index in [-0.39, 0.29) is 32.7 Å². The van der Waals surface area contributed by atoms with Crippen LogP contribution >= 0.6 is 0 Å². The zero-order valence-electron chi connectivity index (χ0n) is 26.5. The standard InChI is InChI=1S/C32H44FN5O7/c1-6-44-30(42)24(12-14-28-34-25-20-23(11-13-27(25)37(28)5)38(15-17-39)16-18-40)35-29(41)26(36-31(43)45-32(2,3)4)19-21-7-9-22(33)10-8-21/h7-11,13,20,24,26,39-40H,6,12,14-19H2,1-5H3,(H,35,41)(H,36,43)/t24-,26-/m0/s1. The van der Waals surface area contributed by atoms with E-state index in [9.17, 15) is 29.0 Å². The number of nitrogens with zero attached hydrogens (tertiary/aromatic N) is 3. The maximum atomic E-state index is 13.5. The summed E-state index contributed by atoms with van der Waals surface area (Å²) in [7, 11) is 1.85. The van der Waals surface area contributed by atoms with Crippen molar-refractivity contribution in [2.24, 2.45) is 7.05 Å². The topological polar surface area (TPSA) is 155 Å². The highest BCUT2D eigenvalue weighted by molar-refractivity contribution is 5.90. The third kappa shape index (κ3) is 10.4. The monoisotopic (exact) mass is 629 g/mol. The van der Waals surface area contributed by atoms with Crippen molar-refractivity contribution < 1.29 is 38.5 Å². The summed E-state index contributed by atoms with van der Waals surface area (Å²) < 4.78 is 26.0. The molecule has 0 unspecified atom stereocenters. The number of aryl methyl sites for hydroxylation is 2. The molecule has 0 saturated carbocycles. The smallest absolute Gasteiger partial charge is 0.408 e. The van der Waals surface area contributed by atoms with Gasteiger partial charge in [0, 0.05) is 38.7 Å². The van der Waals surface area contributed by atoms with Gasteiger partial charge >= 0.3 is 12.1 Å². The molecule has 12 nitrogen and oxygen atoms in total. The first kappa shape index (κ1) is 35.3. The highest BCUT2D eigenvalue weighted by Crippen LogP contribution is 2.23. The molecule has 0 fully saturated rings. The van der Waals surface area contributed by atoms with E-state index in [1.54, 1.807) is 27.7 Å². The second-order valence-corrected chi connectivity index (χ2v) is 11.6. The van der Waals surface area contributed by atoms with E-state index in [4.69, 9.17) is 14.5 Å². The number of nitrogens with one attached hydrogen (secondary N) is 2. The number of hydrogen-bond acceptors (Lipinski definition) is 9. The number of rotatable bonds is 15. The van der Waals surface area contributed by atoms with Crippen LogP contribution in [0.25, 0.3) is 11.0 Å². The van der Waals surface area contributed by atoms with E-state index < -0.39 is 41.5 Å². The summed E-state index contributed by atoms with van der Waals surface area (Å²) in [5.41, 5.74) is 2.13. The maximum Gasteiger partial charge on any atom is 0.408 e. The van der Waals surface area contributed by atoms with Gasteiger partial charge in [-0.05, 0) is 70.0 Å². The summed E-state index contributed by atoms with van der Waals surface area (Å²) in [5.74, 6) is -1.04. The van der Waals surface area contributed by atoms with Crippen molar-refractivity contribution in [3.8, 4) is 0 Å². The summed E-state index contributed by atoms with van der Waals surface area (Å²) in [5, 5.41) is 24.1. The van der Waals surface area contributed by atoms with Crippen LogP contribution in [0.1, 0.15) is 45.5 Å². The largest absolute Gasteiger partial charge is 0.464 e. The second-order valence-electron chi connectivity index (χ2n) is 11.6. The minimum Gasteiger partial charge on any atom is -0.464 e. The molecule has 1 heterocycles. The number of hydrogen-bond donors (Lipinski definition) is 4. The number of aliphatic hydroxyl groups is 2. The van der Waals surface area contributed by atoms with E-state index in [0.717, 1.165) is 11.2 Å². The average Bonchev–Trinajstić information content (AvgIpc) is 3.29. The first-order valence-electron chi connectivity index (χ1n) is 15.0. The fourth-order valence-corrected chi connectivity index (χ4v) is 4.82. The first-order valence-corrected chi connectivity index (χ1v) is 15.0. The van der Waals surface area contributed by atoms with Crippen molar-refractivity contribution in [3.63, 3.8) is 0 Å². The van der Waals surface area contributed by atoms with E-state index in [1.807, 2.05) is 34.7 Å². The molecule has 0 spiro atoms. The van der Waals surface area contributed by atoms with Gasteiger partial charge in [-0.1, -0.05) is 12.1 Å². The molecule has 13 heteroatoms. The quantitative estimate of drug-likeness (QED) is 0.186. The number of amides is 2. The molecule has 2 atom stereocenters. The first-order chi connectivity index (χ1) is 21.3. The molecule has 0 bridgehead atoms. The van der Waals surface area contributed by atoms with Crippen molar-refractivity contribution in [3.05, 3.63) is 59.7 Å². The Hall–Kier alpha value is -4.23. The number of fused-ring (bicyclic) bond motifs is 1. The number of alkyl carbamates (subject to hydrolysis) is 1. The number of carbonyl (C=O) groups excluding carboxylic acids is 3. The van der Waals surface area contributed by atoms with Gasteiger partial charge in [0.1, 0.15) is 29.3 Å². The normalized spacial score (nSPS) is 12.8. The molecule has 45 heavy (non-hydrogen) atoms. The lowest BCUT2D eigenvalue weighted by molar-refractivity contribution is -0.147. The van der Waals surface area contributed by atoms with Crippen LogP contribution in [0.4, 0.5) is 14.9 Å². The number of carbonyl (C=O) groups is 3. The number of imidazole rings is 1. The van der Waals surface area contributed by atoms with E-state index in [1.165, 1.54) is 24.3 Å². The Morgan fingerprint density at radius 1 is 1.02 bits per heavy atom. The molecule has 0 saturated heterocycles. The van der Waals surface area contributed by atoms with Crippen molar-refractivity contribution in [2.75, 3.05) is 37.8 Å². The van der Waals surface area contributed by atoms with Gasteiger partial charge in [0.25, 0.3) is 0 Å². The van der Waals surface area contributed by atoms with Gasteiger partial charge < -0.3 is 39.8 Å². The highest BCUT2D eigenvalue weighted by atomic mass is 19.1. The Morgan fingerprint density at radius 2 is 1.69 bits per heavy atom. The molecule has 1 aromatic heterocycles. The third-order valence-corrected chi connectivity index (χ3v) is 6.97. The Labute approximate surface area is 262 Å². The fourth-order valence-electron chi connectivity index (χ4n) is 4.82. The molecule has 0 aliphatic heterocycles. The maximum absolute atomic E-state index is 13.5. The molecule has 3 aromatic rings. The third-order valence-electron chi connectivity index (χ3n) is 6.97. The van der Waals surface area contributed by atoms with Crippen LogP contribution < -0.4 is 15.5 Å². The second kappa shape index (κ2) is 16.2. The number of aliphatic hydroxyl groups excluding tert-OH is 2. The van der Waals surface area contributed by atoms with Gasteiger partial charge in [-0.2, -0.15) is 0 Å². The lowest BCUT2D eigenvalue weighted by atomic mass is 10.0. The van der Waals surface area contributed by atoms with Crippen LogP contribution in [0.3, 0.4) is 0 Å². The fraction of sp³-hybridized carbons (Fsp3) is 0.500. The molecule has 4 N–H and O–H groups in total. The van der Waals surface area contributed by atoms with Crippen LogP contribution in [0.2, 0.25) is 0 Å². The van der Waals surface area contributed by atoms with Gasteiger partial charge in [-0.3, -0.25) is 4.79 Å². The zero-order chi connectivity index (χ0) is 33.1. The lowest BCUT2D eigenvalue weighted by Gasteiger charge is -2.25. The molecular formula is C32H44FN5O7. The summed E-state index contributed by atoms with van der Waals surface area (Å²) in [4.78, 5) is 45.7. The van der Waals surface area contributed by atoms with E-state index >= 15 is 0 Å². The molecule has 3 rings (SSSR count). The van der Waals surface area contributed by atoms with Crippen LogP contribution in [-0.4, -0.2) is 88.3 Å². The van der Waals surface area contributed by atoms with Crippen LogP contribution in [-0.2, 0) is 39.0 Å². The minimum absolute atomic E-state index is 0.0254. The van der Waals surface area contributed by atoms with Gasteiger partial charge in [0.2, 0.25) is 5.91 Å². The number of ether oxygens (including phenoxy) is 2. The SMILES string of the molecule is CCOC(=O)[C@H](CCc1nc2cc(N(CCO)CCO)ccc2n1C)NC(=O)[C@H](Cc1ccc(F)cc1)NC(=O)OC(C)(C)C. The van der Waals surface area contributed by atoms with Gasteiger partial charge in [-0.25, -0.2) is 19.0 Å². The summed E-state index contributed by atoms with van der Waals surface area (Å²) >= 11 is 0. The minimum atomic E-state index is -1.13. The van der Waals surface area contributed by atoms with Gasteiger partial charge in [-0.15, -0.1) is 0 Å². The molecule has 0 aliphatic carbocycles. The molecule has 0 radical (unpaired) electrons. The lowest BCUT2D eigenvalue weighted by Crippen LogP contribution is -2.53. The average molecular weight is 630 g/mol. The number of benzene rings is 2. The summed E-state index contributed by atoms with van der Waals surface area (Å²) in [6.07, 6.45) is -0.320. The molecular weight excluding hydrogens is 585 g/mol. The highest BCUT2D eigenvalue weighted by Gasteiger charge is 2.30. The van der Waals surface area contributed by atoms with Crippen molar-refractivity contribution in [2.45, 2.75) is 64.6 Å². The zero-order valence-corrected chi connectivity index (χ0v) is 26.5. The predicted molar refractivity (Wildman–Crippen MR) is 167 cm³/mol. The summed E-state index contributed by atoms with van der Waals surface area (Å²) in [6.45, 7) is 7.44. The number of anilines is 1. The Morgan fingerprint density at radius 3 is 2.29 bits per heavy atom. The Kier molecular flexibility index (Phi) is 12.7. The Bertz CT molecular complexity index is 1430. The number of halogens is 1. The molecule has 0 aliphatic rings. The van der Waals surface area contributed by atoms with Crippen LogP contribution in [0.15, 0.2) is 42.5 Å². The Balaban J connectivity index is 1.81. The van der Waals surface area contributed by atoms with Crippen LogP contribution in [0.5, 0.6) is 0 Å². The predicted octanol–water partition coefficient (Wildman–Crippen LogP) is 2.62. The van der Waals surface area contributed by atoms with Gasteiger partial charge in [0.05, 0.1) is 30.9 Å².